The molecule has 0 aliphatic heterocycles. The van der Waals surface area contributed by atoms with Gasteiger partial charge in [-0.25, -0.2) is 18.1 Å². The highest BCUT2D eigenvalue weighted by molar-refractivity contribution is 7.89. The molecule has 21 heavy (non-hydrogen) atoms. The zero-order chi connectivity index (χ0) is 15.5. The zero-order valence-electron chi connectivity index (χ0n) is 11.6. The fourth-order valence-electron chi connectivity index (χ4n) is 2.20. The van der Waals surface area contributed by atoms with Crippen LogP contribution in [0.25, 0.3) is 0 Å². The maximum Gasteiger partial charge on any atom is 0.266 e. The van der Waals surface area contributed by atoms with Crippen LogP contribution in [0.2, 0.25) is 5.02 Å². The second-order valence-electron chi connectivity index (χ2n) is 5.09. The molecule has 0 aromatic carbocycles. The molecule has 1 amide bonds. The second-order valence-corrected chi connectivity index (χ2v) is 7.25. The normalized spacial score (nSPS) is 16.5. The van der Waals surface area contributed by atoms with Gasteiger partial charge in [-0.1, -0.05) is 18.0 Å². The third kappa shape index (κ3) is 4.86. The van der Waals surface area contributed by atoms with Gasteiger partial charge in [-0.2, -0.15) is 0 Å². The number of nitrogens with zero attached hydrogens (tertiary/aromatic N) is 1. The summed E-state index contributed by atoms with van der Waals surface area (Å²) in [6.45, 7) is 0. The van der Waals surface area contributed by atoms with E-state index in [0.717, 1.165) is 31.9 Å². The molecule has 0 saturated heterocycles. The van der Waals surface area contributed by atoms with Crippen molar-refractivity contribution in [1.82, 2.24) is 9.71 Å². The van der Waals surface area contributed by atoms with Crippen LogP contribution in [-0.4, -0.2) is 31.7 Å². The van der Waals surface area contributed by atoms with Crippen LogP contribution >= 0.6 is 11.6 Å². The first-order valence-electron chi connectivity index (χ1n) is 6.69. The van der Waals surface area contributed by atoms with Crippen molar-refractivity contribution >= 4 is 27.5 Å². The predicted octanol–water partition coefficient (Wildman–Crippen LogP) is 2.14. The molecular weight excluding hydrogens is 316 g/mol. The van der Waals surface area contributed by atoms with Crippen molar-refractivity contribution in [2.45, 2.75) is 38.2 Å². The van der Waals surface area contributed by atoms with E-state index in [1.807, 2.05) is 4.72 Å². The number of aromatic nitrogens is 1. The Morgan fingerprint density at radius 3 is 2.62 bits per heavy atom. The number of halogens is 1. The van der Waals surface area contributed by atoms with Crippen molar-refractivity contribution in [2.24, 2.45) is 0 Å². The Morgan fingerprint density at radius 2 is 2.05 bits per heavy atom. The van der Waals surface area contributed by atoms with Crippen LogP contribution in [0.15, 0.2) is 12.3 Å². The lowest BCUT2D eigenvalue weighted by atomic mass is 9.98. The van der Waals surface area contributed by atoms with E-state index in [1.165, 1.54) is 18.7 Å². The van der Waals surface area contributed by atoms with Crippen LogP contribution < -0.4 is 9.46 Å². The maximum atomic E-state index is 11.7. The van der Waals surface area contributed by atoms with Crippen molar-refractivity contribution in [3.8, 4) is 5.88 Å². The third-order valence-corrected chi connectivity index (χ3v) is 4.01. The van der Waals surface area contributed by atoms with Crippen molar-refractivity contribution in [2.75, 3.05) is 6.26 Å². The topological polar surface area (TPSA) is 85.4 Å². The number of carbonyl (C=O) groups excluding carboxylic acids is 1. The number of hydrogen-bond acceptors (Lipinski definition) is 5. The molecule has 0 unspecified atom stereocenters. The van der Waals surface area contributed by atoms with E-state index in [0.29, 0.717) is 0 Å². The predicted molar refractivity (Wildman–Crippen MR) is 79.1 cm³/mol. The van der Waals surface area contributed by atoms with Gasteiger partial charge in [0, 0.05) is 6.20 Å². The Labute approximate surface area is 128 Å². The molecule has 1 saturated carbocycles. The second kappa shape index (κ2) is 6.62. The number of carbonyl (C=O) groups is 1. The van der Waals surface area contributed by atoms with Crippen LogP contribution in [0, 0.1) is 0 Å². The number of sulfonamides is 1. The summed E-state index contributed by atoms with van der Waals surface area (Å²) in [5.41, 5.74) is 0.0708. The Balaban J connectivity index is 2.08. The maximum absolute atomic E-state index is 11.7. The Bertz CT molecular complexity index is 627. The van der Waals surface area contributed by atoms with Crippen molar-refractivity contribution < 1.29 is 17.9 Å². The lowest BCUT2D eigenvalue weighted by molar-refractivity contribution is 0.0981. The first-order chi connectivity index (χ1) is 9.85. The Morgan fingerprint density at radius 1 is 1.38 bits per heavy atom. The minimum atomic E-state index is -3.62. The van der Waals surface area contributed by atoms with Gasteiger partial charge in [-0.05, 0) is 31.7 Å². The average Bonchev–Trinajstić information content (AvgIpc) is 2.40. The van der Waals surface area contributed by atoms with E-state index in [-0.39, 0.29) is 22.6 Å². The molecule has 1 aliphatic rings. The van der Waals surface area contributed by atoms with Gasteiger partial charge in [0.15, 0.2) is 0 Å². The zero-order valence-corrected chi connectivity index (χ0v) is 13.2. The van der Waals surface area contributed by atoms with Crippen LogP contribution in [-0.2, 0) is 10.0 Å². The standard InChI is InChI=1S/C13H17ClN2O4S/c1-21(18,19)16-12(17)9-7-11(14)13(15-8-9)20-10-5-3-2-4-6-10/h7-8,10H,2-6H2,1H3,(H,16,17). The van der Waals surface area contributed by atoms with Gasteiger partial charge in [0.05, 0.1) is 11.8 Å². The summed E-state index contributed by atoms with van der Waals surface area (Å²) >= 11 is 6.05. The summed E-state index contributed by atoms with van der Waals surface area (Å²) in [6.07, 6.45) is 7.65. The van der Waals surface area contributed by atoms with E-state index < -0.39 is 15.9 Å². The van der Waals surface area contributed by atoms with Crippen LogP contribution in [0.5, 0.6) is 5.88 Å². The largest absolute Gasteiger partial charge is 0.473 e. The first-order valence-corrected chi connectivity index (χ1v) is 8.96. The molecule has 1 heterocycles. The summed E-state index contributed by atoms with van der Waals surface area (Å²) in [6, 6.07) is 1.35. The molecule has 1 aromatic rings. The molecule has 8 heteroatoms. The quantitative estimate of drug-likeness (QED) is 0.913. The third-order valence-electron chi connectivity index (χ3n) is 3.18. The van der Waals surface area contributed by atoms with E-state index in [4.69, 9.17) is 16.3 Å². The minimum Gasteiger partial charge on any atom is -0.473 e. The van der Waals surface area contributed by atoms with Crippen molar-refractivity contribution in [3.05, 3.63) is 22.8 Å². The van der Waals surface area contributed by atoms with Gasteiger partial charge < -0.3 is 4.74 Å². The summed E-state index contributed by atoms with van der Waals surface area (Å²) < 4.78 is 29.6. The van der Waals surface area contributed by atoms with Crippen molar-refractivity contribution in [3.63, 3.8) is 0 Å². The Kier molecular flexibility index (Phi) is 5.05. The van der Waals surface area contributed by atoms with Crippen LogP contribution in [0.3, 0.4) is 0 Å². The molecule has 0 bridgehead atoms. The van der Waals surface area contributed by atoms with Crippen LogP contribution in [0.1, 0.15) is 42.5 Å². The number of pyridine rings is 1. The number of amides is 1. The molecule has 1 aromatic heterocycles. The highest BCUT2D eigenvalue weighted by Gasteiger charge is 2.19. The van der Waals surface area contributed by atoms with E-state index in [1.54, 1.807) is 0 Å². The monoisotopic (exact) mass is 332 g/mol. The fraction of sp³-hybridized carbons (Fsp3) is 0.538. The molecule has 1 N–H and O–H groups in total. The molecule has 116 valence electrons. The smallest absolute Gasteiger partial charge is 0.266 e. The lowest BCUT2D eigenvalue weighted by Gasteiger charge is -2.22. The molecule has 0 radical (unpaired) electrons. The van der Waals surface area contributed by atoms with Gasteiger partial charge in [0.2, 0.25) is 15.9 Å². The molecule has 0 atom stereocenters. The Hall–Kier alpha value is -1.34. The highest BCUT2D eigenvalue weighted by Crippen LogP contribution is 2.27. The van der Waals surface area contributed by atoms with Gasteiger partial charge in [0.25, 0.3) is 5.91 Å². The lowest BCUT2D eigenvalue weighted by Crippen LogP contribution is -2.29. The fourth-order valence-corrected chi connectivity index (χ4v) is 2.87. The number of ether oxygens (including phenoxy) is 1. The van der Waals surface area contributed by atoms with Crippen LogP contribution in [0.4, 0.5) is 0 Å². The molecule has 1 fully saturated rings. The first kappa shape index (κ1) is 16.0. The average molecular weight is 333 g/mol. The molecule has 1 aliphatic carbocycles. The number of rotatable bonds is 4. The summed E-state index contributed by atoms with van der Waals surface area (Å²) in [4.78, 5) is 15.7. The highest BCUT2D eigenvalue weighted by atomic mass is 35.5. The van der Waals surface area contributed by atoms with Gasteiger partial charge in [-0.15, -0.1) is 0 Å². The molecule has 2 rings (SSSR count). The van der Waals surface area contributed by atoms with E-state index in [9.17, 15) is 13.2 Å². The van der Waals surface area contributed by atoms with Gasteiger partial charge >= 0.3 is 0 Å². The SMILES string of the molecule is CS(=O)(=O)NC(=O)c1cnc(OC2CCCCC2)c(Cl)c1. The molecule has 6 nitrogen and oxygen atoms in total. The van der Waals surface area contributed by atoms with E-state index >= 15 is 0 Å². The number of hydrogen-bond donors (Lipinski definition) is 1. The van der Waals surface area contributed by atoms with E-state index in [2.05, 4.69) is 4.98 Å². The van der Waals surface area contributed by atoms with Gasteiger partial charge in [0.1, 0.15) is 11.1 Å². The minimum absolute atomic E-state index is 0.0708. The van der Waals surface area contributed by atoms with Gasteiger partial charge in [-0.3, -0.25) is 4.79 Å². The summed E-state index contributed by atoms with van der Waals surface area (Å²) in [5, 5.41) is 0.196. The van der Waals surface area contributed by atoms with Crippen molar-refractivity contribution in [1.29, 1.82) is 0 Å². The number of nitrogens with one attached hydrogen (secondary N) is 1. The molecule has 0 spiro atoms. The molecular formula is C13H17ClN2O4S. The summed E-state index contributed by atoms with van der Waals surface area (Å²) in [5.74, 6) is -0.490. The summed E-state index contributed by atoms with van der Waals surface area (Å²) in [7, 11) is -3.62.